The Morgan fingerprint density at radius 3 is 1.78 bits per heavy atom. The van der Waals surface area contributed by atoms with Crippen LogP contribution in [0.15, 0.2) is 0 Å². The normalized spacial score (nSPS) is 11.2. The van der Waals surface area contributed by atoms with Gasteiger partial charge in [0.1, 0.15) is 0 Å². The van der Waals surface area contributed by atoms with E-state index in [2.05, 4.69) is 3.02 Å². The monoisotopic (exact) mass is 292 g/mol. The van der Waals surface area contributed by atoms with Gasteiger partial charge in [0.15, 0.2) is 0 Å². The maximum Gasteiger partial charge on any atom is 2.00 e. The molecule has 0 bridgehead atoms. The van der Waals surface area contributed by atoms with Crippen LogP contribution in [-0.2, 0) is 25.5 Å². The summed E-state index contributed by atoms with van der Waals surface area (Å²) >= 11 is -5.52. The second-order valence-corrected chi connectivity index (χ2v) is 4.76. The molecule has 0 unspecified atom stereocenters. The van der Waals surface area contributed by atoms with Crippen molar-refractivity contribution in [3.63, 3.8) is 0 Å². The molecule has 0 heterocycles. The van der Waals surface area contributed by atoms with Crippen molar-refractivity contribution in [1.82, 2.24) is 0 Å². The fourth-order valence-corrected chi connectivity index (χ4v) is 1.73. The molecule has 0 saturated carbocycles. The quantitative estimate of drug-likeness (QED) is 0.552. The first-order chi connectivity index (χ1) is 3.42. The third-order valence-corrected chi connectivity index (χ3v) is 2.28. The zero-order chi connectivity index (χ0) is 6.78. The van der Waals surface area contributed by atoms with Gasteiger partial charge in [0.2, 0.25) is 0 Å². The summed E-state index contributed by atoms with van der Waals surface area (Å²) < 4.78 is 33.3. The molecule has 0 saturated heterocycles. The second-order valence-electron chi connectivity index (χ2n) is 1.60. The summed E-state index contributed by atoms with van der Waals surface area (Å²) in [4.78, 5) is 0. The van der Waals surface area contributed by atoms with Crippen LogP contribution in [0.4, 0.5) is 0 Å². The molecular weight excluding hydrogens is 287 g/mol. The third-order valence-electron chi connectivity index (χ3n) is 0.340. The Kier molecular flexibility index (Phi) is 6.90. The van der Waals surface area contributed by atoms with E-state index < -0.39 is 26.2 Å². The molecule has 0 aliphatic rings. The summed E-state index contributed by atoms with van der Waals surface area (Å²) in [6.07, 6.45) is -0.506. The fraction of sp³-hybridized carbons (Fsp3) is 1.00. The Bertz CT molecular complexity index is 108. The average Bonchev–Trinajstić information content (AvgIpc) is 1.21. The summed E-state index contributed by atoms with van der Waals surface area (Å²) in [6.45, 7) is 2.99. The van der Waals surface area contributed by atoms with Crippen LogP contribution in [0.5, 0.6) is 0 Å². The van der Waals surface area contributed by atoms with Crippen molar-refractivity contribution in [2.24, 2.45) is 0 Å². The smallest absolute Gasteiger partial charge is 2.00 e. The van der Waals surface area contributed by atoms with Crippen LogP contribution in [0, 0.1) is 0 Å². The van der Waals surface area contributed by atoms with E-state index in [-0.39, 0.29) is 19.5 Å². The Balaban J connectivity index is 0. The molecule has 0 atom stereocenters. The van der Waals surface area contributed by atoms with Crippen molar-refractivity contribution >= 4 is 20.1 Å². The zero-order valence-corrected chi connectivity index (χ0v) is 10.9. The summed E-state index contributed by atoms with van der Waals surface area (Å²) in [5.41, 5.74) is 0. The molecule has 0 N–H and O–H groups in total. The molecule has 0 aromatic rings. The predicted molar refractivity (Wildman–Crippen MR) is 22.7 cm³/mol. The maximum atomic E-state index is 9.78. The van der Waals surface area contributed by atoms with E-state index in [1.807, 2.05) is 0 Å². The minimum atomic E-state index is -5.52. The Hall–Kier alpha value is 1.12. The van der Waals surface area contributed by atoms with Crippen LogP contribution in [-0.4, -0.2) is 26.2 Å². The Morgan fingerprint density at radius 2 is 1.78 bits per heavy atom. The van der Waals surface area contributed by atoms with Gasteiger partial charge in [-0.15, -0.1) is 0 Å². The molecule has 0 fully saturated rings. The van der Waals surface area contributed by atoms with Crippen LogP contribution in [0.1, 0.15) is 13.8 Å². The SMILES string of the molecule is CC(C)[O][Sb](=[O])([O-])[O-].[Zn+2]. The minimum absolute atomic E-state index is 0. The van der Waals surface area contributed by atoms with Crippen molar-refractivity contribution in [2.45, 2.75) is 20.0 Å². The zero-order valence-electron chi connectivity index (χ0n) is 5.36. The molecule has 9 heavy (non-hydrogen) atoms. The van der Waals surface area contributed by atoms with Gasteiger partial charge in [-0.2, -0.15) is 0 Å². The second kappa shape index (κ2) is 4.86. The first-order valence-corrected chi connectivity index (χ1v) is 6.29. The molecule has 0 rings (SSSR count). The molecule has 0 radical (unpaired) electrons. The summed E-state index contributed by atoms with van der Waals surface area (Å²) in [6, 6.07) is 0. The first-order valence-electron chi connectivity index (χ1n) is 2.12. The number of rotatable bonds is 2. The van der Waals surface area contributed by atoms with Gasteiger partial charge < -0.3 is 0 Å². The van der Waals surface area contributed by atoms with E-state index in [0.717, 1.165) is 0 Å². The van der Waals surface area contributed by atoms with Gasteiger partial charge in [-0.1, -0.05) is 0 Å². The average molecular weight is 294 g/mol. The van der Waals surface area contributed by atoms with Gasteiger partial charge in [-0.3, -0.25) is 0 Å². The topological polar surface area (TPSA) is 72.4 Å². The fourth-order valence-electron chi connectivity index (χ4n) is 0.258. The van der Waals surface area contributed by atoms with Crippen LogP contribution in [0.25, 0.3) is 0 Å². The van der Waals surface area contributed by atoms with Crippen molar-refractivity contribution in [3.05, 3.63) is 0 Å². The van der Waals surface area contributed by atoms with Gasteiger partial charge in [-0.25, -0.2) is 0 Å². The third kappa shape index (κ3) is 12.3. The molecule has 0 amide bonds. The predicted octanol–water partition coefficient (Wildman–Crippen LogP) is -2.00. The maximum absolute atomic E-state index is 9.78. The minimum Gasteiger partial charge on any atom is 2.00 e. The van der Waals surface area contributed by atoms with Crippen LogP contribution < -0.4 is 6.77 Å². The van der Waals surface area contributed by atoms with E-state index in [1.165, 1.54) is 13.8 Å². The first kappa shape index (κ1) is 12.8. The van der Waals surface area contributed by atoms with E-state index in [9.17, 15) is 9.79 Å². The van der Waals surface area contributed by atoms with Gasteiger partial charge >= 0.3 is 72.3 Å². The van der Waals surface area contributed by atoms with Crippen LogP contribution in [0.3, 0.4) is 0 Å². The molecular formula is C3H7O4SbZn. The van der Waals surface area contributed by atoms with Crippen molar-refractivity contribution in [1.29, 1.82) is 0 Å². The molecule has 0 aromatic heterocycles. The molecule has 0 aliphatic carbocycles. The summed E-state index contributed by atoms with van der Waals surface area (Å²) in [7, 11) is 0. The van der Waals surface area contributed by atoms with Crippen molar-refractivity contribution in [2.75, 3.05) is 0 Å². The Morgan fingerprint density at radius 1 is 1.44 bits per heavy atom. The molecule has 0 aromatic carbocycles. The Labute approximate surface area is 72.1 Å². The number of hydrogen-bond acceptors (Lipinski definition) is 4. The summed E-state index contributed by atoms with van der Waals surface area (Å²) in [5, 5.41) is 0. The van der Waals surface area contributed by atoms with Gasteiger partial charge in [0.05, 0.1) is 0 Å². The molecule has 0 spiro atoms. The molecule has 6 heteroatoms. The van der Waals surface area contributed by atoms with E-state index in [1.54, 1.807) is 0 Å². The summed E-state index contributed by atoms with van der Waals surface area (Å²) in [5.74, 6) is 0. The van der Waals surface area contributed by atoms with Crippen molar-refractivity contribution in [3.8, 4) is 0 Å². The number of hydrogen-bond donors (Lipinski definition) is 0. The largest absolute Gasteiger partial charge is 2.00 e. The van der Waals surface area contributed by atoms with E-state index in [0.29, 0.717) is 0 Å². The van der Waals surface area contributed by atoms with Gasteiger partial charge in [-0.05, 0) is 0 Å². The molecule has 50 valence electrons. The van der Waals surface area contributed by atoms with E-state index >= 15 is 0 Å². The standard InChI is InChI=1S/C3H7O.3O.Sb.Zn/c1-3(2)4;;;;;/h3H,1-2H3;;;;;/q-1;;2*-1;+1;+2. The van der Waals surface area contributed by atoms with E-state index in [4.69, 9.17) is 0 Å². The van der Waals surface area contributed by atoms with Crippen molar-refractivity contribution < 1.29 is 32.3 Å². The van der Waals surface area contributed by atoms with Gasteiger partial charge in [0, 0.05) is 0 Å². The van der Waals surface area contributed by atoms with Crippen LogP contribution in [0.2, 0.25) is 0 Å². The van der Waals surface area contributed by atoms with Gasteiger partial charge in [0.25, 0.3) is 0 Å². The molecule has 0 aliphatic heterocycles. The molecule has 4 nitrogen and oxygen atoms in total. The van der Waals surface area contributed by atoms with Crippen LogP contribution >= 0.6 is 0 Å².